The smallest absolute Gasteiger partial charge is 0.164 e. The summed E-state index contributed by atoms with van der Waals surface area (Å²) >= 11 is 0. The number of rotatable bonds is 8. The maximum absolute atomic E-state index is 10.1. The second kappa shape index (κ2) is 15.8. The first-order valence-corrected chi connectivity index (χ1v) is 21.1. The first-order valence-electron chi connectivity index (χ1n) is 21.1. The minimum Gasteiger partial charge on any atom is -0.208 e. The predicted octanol–water partition coefficient (Wildman–Crippen LogP) is 14.1. The van der Waals surface area contributed by atoms with Crippen molar-refractivity contribution in [2.75, 3.05) is 0 Å². The average molecular weight is 803 g/mol. The summed E-state index contributed by atoms with van der Waals surface area (Å²) in [6.45, 7) is 0. The molecule has 0 spiro atoms. The molecule has 0 aliphatic heterocycles. The third kappa shape index (κ3) is 6.70. The van der Waals surface area contributed by atoms with Crippen LogP contribution in [0.25, 0.3) is 78.7 Å². The first kappa shape index (κ1) is 37.5. The lowest BCUT2D eigenvalue weighted by Crippen LogP contribution is -2.28. The topological polar surface area (TPSA) is 62.5 Å². The van der Waals surface area contributed by atoms with Crippen molar-refractivity contribution in [3.8, 4) is 84.7 Å². The zero-order valence-corrected chi connectivity index (χ0v) is 34.2. The highest BCUT2D eigenvalue weighted by Gasteiger charge is 2.46. The monoisotopic (exact) mass is 802 g/mol. The van der Waals surface area contributed by atoms with Gasteiger partial charge in [-0.2, -0.15) is 5.26 Å². The Hall–Kier alpha value is -8.52. The van der Waals surface area contributed by atoms with Crippen molar-refractivity contribution >= 4 is 0 Å². The molecule has 1 heterocycles. The van der Waals surface area contributed by atoms with Crippen LogP contribution in [-0.4, -0.2) is 15.0 Å². The summed E-state index contributed by atoms with van der Waals surface area (Å²) in [5, 5.41) is 10.1. The lowest BCUT2D eigenvalue weighted by molar-refractivity contribution is 0.768. The first-order chi connectivity index (χ1) is 31.2. The van der Waals surface area contributed by atoms with E-state index in [9.17, 15) is 5.26 Å². The number of hydrogen-bond acceptors (Lipinski definition) is 4. The SMILES string of the molecule is N#Cc1ccc2c(c1)C(c1ccccc1)(c1ccccc1)c1cc(-c3cccc(-c4nc(-c5ccc(-c6ccccc6)cc5)nc(-c5ccc(-c6ccccc6)cc5)n4)c3)ccc1-2. The van der Waals surface area contributed by atoms with Crippen LogP contribution >= 0.6 is 0 Å². The molecule has 294 valence electrons. The van der Waals surface area contributed by atoms with Gasteiger partial charge in [-0.25, -0.2) is 15.0 Å². The summed E-state index contributed by atoms with van der Waals surface area (Å²) in [7, 11) is 0. The van der Waals surface area contributed by atoms with E-state index in [0.717, 1.165) is 77.9 Å². The van der Waals surface area contributed by atoms with Crippen molar-refractivity contribution in [3.05, 3.63) is 258 Å². The maximum Gasteiger partial charge on any atom is 0.164 e. The van der Waals surface area contributed by atoms with E-state index in [0.29, 0.717) is 23.0 Å². The fraction of sp³-hybridized carbons (Fsp3) is 0.0169. The third-order valence-electron chi connectivity index (χ3n) is 12.3. The average Bonchev–Trinajstić information content (AvgIpc) is 3.67. The van der Waals surface area contributed by atoms with E-state index in [-0.39, 0.29) is 0 Å². The van der Waals surface area contributed by atoms with E-state index in [1.807, 2.05) is 18.2 Å². The molecule has 0 N–H and O–H groups in total. The number of aromatic nitrogens is 3. The van der Waals surface area contributed by atoms with E-state index in [1.165, 1.54) is 5.56 Å². The maximum atomic E-state index is 10.1. The highest BCUT2D eigenvalue weighted by Crippen LogP contribution is 2.57. The minimum atomic E-state index is -0.641. The molecular weight excluding hydrogens is 765 g/mol. The molecule has 4 nitrogen and oxygen atoms in total. The highest BCUT2D eigenvalue weighted by atomic mass is 15.0. The van der Waals surface area contributed by atoms with Crippen molar-refractivity contribution in [1.29, 1.82) is 5.26 Å². The fourth-order valence-electron chi connectivity index (χ4n) is 9.22. The van der Waals surface area contributed by atoms with Gasteiger partial charge in [0, 0.05) is 16.7 Å². The summed E-state index contributed by atoms with van der Waals surface area (Å²) in [5.41, 5.74) is 16.3. The fourth-order valence-corrected chi connectivity index (χ4v) is 9.22. The normalized spacial score (nSPS) is 12.2. The molecule has 0 amide bonds. The van der Waals surface area contributed by atoms with Crippen LogP contribution in [0, 0.1) is 11.3 Å². The molecule has 63 heavy (non-hydrogen) atoms. The van der Waals surface area contributed by atoms with Crippen molar-refractivity contribution in [2.45, 2.75) is 5.41 Å². The van der Waals surface area contributed by atoms with Crippen LogP contribution in [-0.2, 0) is 5.41 Å². The number of hydrogen-bond donors (Lipinski definition) is 0. The zero-order chi connectivity index (χ0) is 42.2. The van der Waals surface area contributed by atoms with Gasteiger partial charge in [-0.3, -0.25) is 0 Å². The number of benzene rings is 9. The van der Waals surface area contributed by atoms with Gasteiger partial charge in [0.1, 0.15) is 0 Å². The Bertz CT molecular complexity index is 3160. The van der Waals surface area contributed by atoms with Gasteiger partial charge in [-0.1, -0.05) is 206 Å². The second-order valence-electron chi connectivity index (χ2n) is 15.9. The molecule has 0 fully saturated rings. The van der Waals surface area contributed by atoms with Gasteiger partial charge in [0.25, 0.3) is 0 Å². The molecule has 11 rings (SSSR count). The van der Waals surface area contributed by atoms with Gasteiger partial charge in [-0.05, 0) is 91.0 Å². The van der Waals surface area contributed by atoms with Gasteiger partial charge >= 0.3 is 0 Å². The summed E-state index contributed by atoms with van der Waals surface area (Å²) < 4.78 is 0. The van der Waals surface area contributed by atoms with Gasteiger partial charge in [0.05, 0.1) is 17.0 Å². The molecule has 0 radical (unpaired) electrons. The molecule has 1 aromatic heterocycles. The van der Waals surface area contributed by atoms with Crippen LogP contribution in [0.15, 0.2) is 231 Å². The Labute approximate surface area is 367 Å². The number of nitrogens with zero attached hydrogens (tertiary/aromatic N) is 4. The lowest BCUT2D eigenvalue weighted by Gasteiger charge is -2.34. The Balaban J connectivity index is 1.04. The summed E-state index contributed by atoms with van der Waals surface area (Å²) in [6.07, 6.45) is 0. The molecule has 1 aliphatic rings. The van der Waals surface area contributed by atoms with E-state index in [4.69, 9.17) is 15.0 Å². The Morgan fingerprint density at radius 3 is 1.17 bits per heavy atom. The molecule has 0 unspecified atom stereocenters. The number of nitriles is 1. The minimum absolute atomic E-state index is 0.594. The largest absolute Gasteiger partial charge is 0.208 e. The van der Waals surface area contributed by atoms with Crippen LogP contribution in [0.1, 0.15) is 27.8 Å². The van der Waals surface area contributed by atoms with Crippen LogP contribution < -0.4 is 0 Å². The van der Waals surface area contributed by atoms with Crippen LogP contribution in [0.2, 0.25) is 0 Å². The standard InChI is InChI=1S/C59H38N4/c60-39-40-24-34-52-53-35-33-48(38-55(53)59(54(52)36-40,50-20-9-3-10-21-50)51-22-11-4-12-23-51)47-18-13-19-49(37-47)58-62-56(45-29-25-43(26-30-45)41-14-5-1-6-15-41)61-57(63-58)46-31-27-44(28-32-46)42-16-7-2-8-17-42/h1-38H. The van der Waals surface area contributed by atoms with Crippen LogP contribution in [0.4, 0.5) is 0 Å². The van der Waals surface area contributed by atoms with E-state index >= 15 is 0 Å². The highest BCUT2D eigenvalue weighted by molar-refractivity contribution is 5.89. The Morgan fingerprint density at radius 1 is 0.302 bits per heavy atom. The molecule has 0 saturated carbocycles. The van der Waals surface area contributed by atoms with Crippen molar-refractivity contribution in [1.82, 2.24) is 15.0 Å². The quantitative estimate of drug-likeness (QED) is 0.153. The molecule has 1 aliphatic carbocycles. The summed E-state index contributed by atoms with van der Waals surface area (Å²) in [6, 6.07) is 82.8. The molecule has 0 bridgehead atoms. The van der Waals surface area contributed by atoms with Crippen molar-refractivity contribution in [3.63, 3.8) is 0 Å². The van der Waals surface area contributed by atoms with Gasteiger partial charge in [-0.15, -0.1) is 0 Å². The number of fused-ring (bicyclic) bond motifs is 3. The Kier molecular flexibility index (Phi) is 9.41. The van der Waals surface area contributed by atoms with E-state index in [1.54, 1.807) is 0 Å². The van der Waals surface area contributed by atoms with Gasteiger partial charge in [0.15, 0.2) is 17.5 Å². The van der Waals surface area contributed by atoms with Crippen LogP contribution in [0.3, 0.4) is 0 Å². The predicted molar refractivity (Wildman–Crippen MR) is 254 cm³/mol. The van der Waals surface area contributed by atoms with Gasteiger partial charge < -0.3 is 0 Å². The van der Waals surface area contributed by atoms with E-state index in [2.05, 4.69) is 218 Å². The van der Waals surface area contributed by atoms with Crippen molar-refractivity contribution in [2.24, 2.45) is 0 Å². The van der Waals surface area contributed by atoms with Crippen molar-refractivity contribution < 1.29 is 0 Å². The molecule has 10 aromatic rings. The summed E-state index contributed by atoms with van der Waals surface area (Å²) in [4.78, 5) is 15.4. The zero-order valence-electron chi connectivity index (χ0n) is 34.2. The molecule has 9 aromatic carbocycles. The second-order valence-corrected chi connectivity index (χ2v) is 15.9. The van der Waals surface area contributed by atoms with Crippen LogP contribution in [0.5, 0.6) is 0 Å². The Morgan fingerprint density at radius 2 is 0.667 bits per heavy atom. The van der Waals surface area contributed by atoms with Gasteiger partial charge in [0.2, 0.25) is 0 Å². The third-order valence-corrected chi connectivity index (χ3v) is 12.3. The summed E-state index contributed by atoms with van der Waals surface area (Å²) in [5.74, 6) is 1.81. The molecule has 4 heteroatoms. The molecule has 0 atom stereocenters. The molecular formula is C59H38N4. The van der Waals surface area contributed by atoms with E-state index < -0.39 is 5.41 Å². The lowest BCUT2D eigenvalue weighted by atomic mass is 9.67. The molecule has 0 saturated heterocycles.